The fraction of sp³-hybridized carbons (Fsp3) is 0.357. The van der Waals surface area contributed by atoms with Gasteiger partial charge in [-0.05, 0) is 17.7 Å². The van der Waals surface area contributed by atoms with Crippen molar-refractivity contribution in [2.75, 3.05) is 6.54 Å². The zero-order chi connectivity index (χ0) is 13.1. The molecule has 0 aliphatic heterocycles. The Morgan fingerprint density at radius 1 is 1.28 bits per heavy atom. The number of nitrogens with zero attached hydrogens (tertiary/aromatic N) is 2. The van der Waals surface area contributed by atoms with Crippen LogP contribution in [0.2, 0.25) is 0 Å². The lowest BCUT2D eigenvalue weighted by molar-refractivity contribution is 0.548. The van der Waals surface area contributed by atoms with Gasteiger partial charge in [0.15, 0.2) is 0 Å². The summed E-state index contributed by atoms with van der Waals surface area (Å²) in [4.78, 5) is 4.43. The van der Waals surface area contributed by atoms with Gasteiger partial charge in [-0.15, -0.1) is 0 Å². The van der Waals surface area contributed by atoms with Crippen LogP contribution in [0.3, 0.4) is 0 Å². The Morgan fingerprint density at radius 3 is 2.50 bits per heavy atom. The molecular formula is C14H18BrN3. The number of rotatable bonds is 4. The number of halogens is 1. The Hall–Kier alpha value is -1.13. The van der Waals surface area contributed by atoms with Crippen LogP contribution in [0.1, 0.15) is 37.2 Å². The Labute approximate surface area is 116 Å². The highest BCUT2D eigenvalue weighted by molar-refractivity contribution is 9.10. The highest BCUT2D eigenvalue weighted by Crippen LogP contribution is 2.24. The fourth-order valence-electron chi connectivity index (χ4n) is 2.13. The number of hydrogen-bond acceptors (Lipinski definition) is 2. The molecule has 2 rings (SSSR count). The predicted octanol–water partition coefficient (Wildman–Crippen LogP) is 3.32. The first-order valence-corrected chi connectivity index (χ1v) is 6.91. The molecule has 0 amide bonds. The summed E-state index contributed by atoms with van der Waals surface area (Å²) < 4.78 is 3.25. The third-order valence-electron chi connectivity index (χ3n) is 3.03. The standard InChI is InChI=1S/C14H18BrN3/c1-10(2)14-17-7-8-18(14)13(9-16)11-3-5-12(15)6-4-11/h3-8,10,13H,9,16H2,1-2H3. The van der Waals surface area contributed by atoms with Crippen molar-refractivity contribution in [1.29, 1.82) is 0 Å². The SMILES string of the molecule is CC(C)c1nccn1C(CN)c1ccc(Br)cc1. The molecule has 0 aliphatic carbocycles. The largest absolute Gasteiger partial charge is 0.328 e. The average molecular weight is 308 g/mol. The second-order valence-electron chi connectivity index (χ2n) is 4.65. The molecule has 1 heterocycles. The van der Waals surface area contributed by atoms with E-state index in [0.29, 0.717) is 12.5 Å². The summed E-state index contributed by atoms with van der Waals surface area (Å²) in [7, 11) is 0. The summed E-state index contributed by atoms with van der Waals surface area (Å²) in [5, 5.41) is 0. The molecule has 18 heavy (non-hydrogen) atoms. The normalized spacial score (nSPS) is 12.9. The third kappa shape index (κ3) is 2.65. The molecule has 0 radical (unpaired) electrons. The summed E-state index contributed by atoms with van der Waals surface area (Å²) >= 11 is 3.45. The summed E-state index contributed by atoms with van der Waals surface area (Å²) in [5.41, 5.74) is 7.15. The van der Waals surface area contributed by atoms with Crippen molar-refractivity contribution in [3.05, 3.63) is 52.5 Å². The molecular weight excluding hydrogens is 290 g/mol. The molecule has 1 atom stereocenters. The molecule has 0 aliphatic rings. The van der Waals surface area contributed by atoms with Gasteiger partial charge >= 0.3 is 0 Å². The highest BCUT2D eigenvalue weighted by Gasteiger charge is 2.16. The van der Waals surface area contributed by atoms with E-state index in [-0.39, 0.29) is 6.04 Å². The van der Waals surface area contributed by atoms with E-state index in [2.05, 4.69) is 51.5 Å². The Kier molecular flexibility index (Phi) is 4.19. The average Bonchev–Trinajstić information content (AvgIpc) is 2.82. The molecule has 96 valence electrons. The van der Waals surface area contributed by atoms with E-state index in [1.807, 2.05) is 24.5 Å². The number of benzene rings is 1. The van der Waals surface area contributed by atoms with E-state index in [9.17, 15) is 0 Å². The van der Waals surface area contributed by atoms with E-state index in [1.165, 1.54) is 5.56 Å². The number of imidazole rings is 1. The molecule has 1 aromatic carbocycles. The molecule has 0 spiro atoms. The van der Waals surface area contributed by atoms with Crippen molar-refractivity contribution in [2.45, 2.75) is 25.8 Å². The van der Waals surface area contributed by atoms with Gasteiger partial charge < -0.3 is 10.3 Å². The van der Waals surface area contributed by atoms with Crippen LogP contribution in [0.15, 0.2) is 41.1 Å². The van der Waals surface area contributed by atoms with E-state index in [4.69, 9.17) is 5.73 Å². The topological polar surface area (TPSA) is 43.8 Å². The summed E-state index contributed by atoms with van der Waals surface area (Å²) in [6.07, 6.45) is 3.85. The van der Waals surface area contributed by atoms with Crippen LogP contribution in [0.5, 0.6) is 0 Å². The maximum Gasteiger partial charge on any atom is 0.111 e. The van der Waals surface area contributed by atoms with Crippen LogP contribution in [-0.2, 0) is 0 Å². The van der Waals surface area contributed by atoms with Crippen LogP contribution in [-0.4, -0.2) is 16.1 Å². The molecule has 2 N–H and O–H groups in total. The highest BCUT2D eigenvalue weighted by atomic mass is 79.9. The second kappa shape index (κ2) is 5.67. The molecule has 0 bridgehead atoms. The van der Waals surface area contributed by atoms with Gasteiger partial charge in [0, 0.05) is 29.3 Å². The van der Waals surface area contributed by atoms with Gasteiger partial charge in [-0.25, -0.2) is 4.98 Å². The zero-order valence-corrected chi connectivity index (χ0v) is 12.3. The Balaban J connectivity index is 2.39. The van der Waals surface area contributed by atoms with Crippen LogP contribution in [0.4, 0.5) is 0 Å². The van der Waals surface area contributed by atoms with E-state index in [1.54, 1.807) is 0 Å². The number of aromatic nitrogens is 2. The molecule has 0 saturated heterocycles. The minimum Gasteiger partial charge on any atom is -0.328 e. The van der Waals surface area contributed by atoms with Crippen molar-refractivity contribution in [3.63, 3.8) is 0 Å². The maximum absolute atomic E-state index is 5.94. The molecule has 3 nitrogen and oxygen atoms in total. The first-order valence-electron chi connectivity index (χ1n) is 6.11. The van der Waals surface area contributed by atoms with E-state index in [0.717, 1.165) is 10.3 Å². The lowest BCUT2D eigenvalue weighted by atomic mass is 10.1. The van der Waals surface area contributed by atoms with Gasteiger partial charge in [0.1, 0.15) is 5.82 Å². The van der Waals surface area contributed by atoms with Crippen molar-refractivity contribution in [2.24, 2.45) is 5.73 Å². The lowest BCUT2D eigenvalue weighted by Crippen LogP contribution is -2.22. The molecule has 1 aromatic heterocycles. The zero-order valence-electron chi connectivity index (χ0n) is 10.7. The van der Waals surface area contributed by atoms with Gasteiger partial charge in [0.25, 0.3) is 0 Å². The van der Waals surface area contributed by atoms with Crippen LogP contribution < -0.4 is 5.73 Å². The van der Waals surface area contributed by atoms with Crippen LogP contribution in [0.25, 0.3) is 0 Å². The third-order valence-corrected chi connectivity index (χ3v) is 3.56. The van der Waals surface area contributed by atoms with Crippen molar-refractivity contribution >= 4 is 15.9 Å². The monoisotopic (exact) mass is 307 g/mol. The molecule has 2 aromatic rings. The molecule has 0 saturated carbocycles. The molecule has 0 fully saturated rings. The number of hydrogen-bond donors (Lipinski definition) is 1. The van der Waals surface area contributed by atoms with Gasteiger partial charge in [0.2, 0.25) is 0 Å². The Bertz CT molecular complexity index is 502. The minimum absolute atomic E-state index is 0.151. The summed E-state index contributed by atoms with van der Waals surface area (Å²) in [5.74, 6) is 1.47. The van der Waals surface area contributed by atoms with Gasteiger partial charge in [-0.1, -0.05) is 41.9 Å². The van der Waals surface area contributed by atoms with Crippen molar-refractivity contribution < 1.29 is 0 Å². The van der Waals surface area contributed by atoms with E-state index >= 15 is 0 Å². The maximum atomic E-state index is 5.94. The quantitative estimate of drug-likeness (QED) is 0.941. The van der Waals surface area contributed by atoms with Crippen LogP contribution in [0, 0.1) is 0 Å². The lowest BCUT2D eigenvalue weighted by Gasteiger charge is -2.21. The smallest absolute Gasteiger partial charge is 0.111 e. The number of nitrogens with two attached hydrogens (primary N) is 1. The fourth-order valence-corrected chi connectivity index (χ4v) is 2.39. The Morgan fingerprint density at radius 2 is 1.94 bits per heavy atom. The van der Waals surface area contributed by atoms with Crippen LogP contribution >= 0.6 is 15.9 Å². The van der Waals surface area contributed by atoms with Gasteiger partial charge in [-0.3, -0.25) is 0 Å². The van der Waals surface area contributed by atoms with Crippen molar-refractivity contribution in [3.8, 4) is 0 Å². The van der Waals surface area contributed by atoms with E-state index < -0.39 is 0 Å². The first-order chi connectivity index (χ1) is 8.63. The van der Waals surface area contributed by atoms with Crippen molar-refractivity contribution in [1.82, 2.24) is 9.55 Å². The first kappa shape index (κ1) is 13.3. The molecule has 1 unspecified atom stereocenters. The molecule has 4 heteroatoms. The summed E-state index contributed by atoms with van der Waals surface area (Å²) in [6.45, 7) is 4.86. The second-order valence-corrected chi connectivity index (χ2v) is 5.57. The van der Waals surface area contributed by atoms with Gasteiger partial charge in [0.05, 0.1) is 6.04 Å². The predicted molar refractivity (Wildman–Crippen MR) is 77.7 cm³/mol. The minimum atomic E-state index is 0.151. The summed E-state index contributed by atoms with van der Waals surface area (Å²) in [6, 6.07) is 8.45. The van der Waals surface area contributed by atoms with Gasteiger partial charge in [-0.2, -0.15) is 0 Å².